The van der Waals surface area contributed by atoms with Crippen molar-refractivity contribution in [1.82, 2.24) is 5.32 Å². The van der Waals surface area contributed by atoms with Gasteiger partial charge in [0, 0.05) is 24.2 Å². The van der Waals surface area contributed by atoms with Crippen molar-refractivity contribution in [2.24, 2.45) is 0 Å². The van der Waals surface area contributed by atoms with E-state index in [1.54, 1.807) is 7.11 Å². The fourth-order valence-electron chi connectivity index (χ4n) is 1.36. The second-order valence-corrected chi connectivity index (χ2v) is 4.73. The molecule has 0 unspecified atom stereocenters. The van der Waals surface area contributed by atoms with Crippen LogP contribution in [-0.4, -0.2) is 19.3 Å². The average Bonchev–Trinajstić information content (AvgIpc) is 2.17. The van der Waals surface area contributed by atoms with Crippen LogP contribution in [0.1, 0.15) is 19.4 Å². The number of methoxy groups -OCH3 is 1. The Morgan fingerprint density at radius 2 is 1.87 bits per heavy atom. The maximum absolute atomic E-state index is 5.81. The van der Waals surface area contributed by atoms with Gasteiger partial charge in [0.05, 0.1) is 6.61 Å². The molecule has 0 radical (unpaired) electrons. The van der Waals surface area contributed by atoms with Gasteiger partial charge in [0.2, 0.25) is 0 Å². The van der Waals surface area contributed by atoms with E-state index in [0.717, 1.165) is 11.6 Å². The quantitative estimate of drug-likeness (QED) is 0.835. The van der Waals surface area contributed by atoms with E-state index in [2.05, 4.69) is 19.2 Å². The van der Waals surface area contributed by atoms with Crippen LogP contribution in [-0.2, 0) is 11.3 Å². The van der Waals surface area contributed by atoms with E-state index >= 15 is 0 Å². The van der Waals surface area contributed by atoms with Crippen LogP contribution in [0.4, 0.5) is 0 Å². The zero-order valence-corrected chi connectivity index (χ0v) is 10.3. The molecular formula is C12H18ClNO. The van der Waals surface area contributed by atoms with Gasteiger partial charge in [0.25, 0.3) is 0 Å². The first-order chi connectivity index (χ1) is 7.03. The molecule has 0 saturated carbocycles. The third-order valence-corrected chi connectivity index (χ3v) is 2.44. The number of hydrogen-bond acceptors (Lipinski definition) is 2. The predicted octanol–water partition coefficient (Wildman–Crippen LogP) is 2.85. The molecule has 3 heteroatoms. The first-order valence-electron chi connectivity index (χ1n) is 5.02. The molecule has 15 heavy (non-hydrogen) atoms. The maximum atomic E-state index is 5.81. The largest absolute Gasteiger partial charge is 0.383 e. The fraction of sp³-hybridized carbons (Fsp3) is 0.500. The minimum atomic E-state index is -0.00557. The second kappa shape index (κ2) is 5.50. The zero-order chi connectivity index (χ0) is 11.3. The molecule has 0 bridgehead atoms. The van der Waals surface area contributed by atoms with Crippen LogP contribution in [0.2, 0.25) is 5.02 Å². The summed E-state index contributed by atoms with van der Waals surface area (Å²) in [7, 11) is 1.71. The molecule has 0 heterocycles. The molecule has 0 aromatic heterocycles. The normalized spacial score (nSPS) is 11.7. The fourth-order valence-corrected chi connectivity index (χ4v) is 1.48. The summed E-state index contributed by atoms with van der Waals surface area (Å²) < 4.78 is 5.13. The van der Waals surface area contributed by atoms with Gasteiger partial charge in [-0.2, -0.15) is 0 Å². The monoisotopic (exact) mass is 227 g/mol. The molecule has 0 aliphatic heterocycles. The van der Waals surface area contributed by atoms with Crippen LogP contribution in [0, 0.1) is 0 Å². The maximum Gasteiger partial charge on any atom is 0.0639 e. The molecule has 0 atom stereocenters. The number of ether oxygens (including phenoxy) is 1. The molecule has 0 aliphatic carbocycles. The Morgan fingerprint density at radius 3 is 2.40 bits per heavy atom. The van der Waals surface area contributed by atoms with E-state index in [0.29, 0.717) is 6.61 Å². The Labute approximate surface area is 96.6 Å². The standard InChI is InChI=1S/C12H18ClNO/c1-12(2,9-15-3)14-8-10-4-6-11(13)7-5-10/h4-7,14H,8-9H2,1-3H3. The number of rotatable bonds is 5. The van der Waals surface area contributed by atoms with Gasteiger partial charge in [-0.15, -0.1) is 0 Å². The van der Waals surface area contributed by atoms with E-state index in [9.17, 15) is 0 Å². The zero-order valence-electron chi connectivity index (χ0n) is 9.51. The second-order valence-electron chi connectivity index (χ2n) is 4.30. The lowest BCUT2D eigenvalue weighted by Gasteiger charge is -2.25. The topological polar surface area (TPSA) is 21.3 Å². The van der Waals surface area contributed by atoms with Crippen molar-refractivity contribution < 1.29 is 4.74 Å². The number of benzene rings is 1. The molecule has 0 amide bonds. The average molecular weight is 228 g/mol. The Balaban J connectivity index is 2.46. The van der Waals surface area contributed by atoms with Crippen molar-refractivity contribution in [3.05, 3.63) is 34.9 Å². The van der Waals surface area contributed by atoms with Gasteiger partial charge in [-0.1, -0.05) is 23.7 Å². The summed E-state index contributed by atoms with van der Waals surface area (Å²) >= 11 is 5.81. The van der Waals surface area contributed by atoms with Crippen molar-refractivity contribution in [2.75, 3.05) is 13.7 Å². The smallest absolute Gasteiger partial charge is 0.0639 e. The van der Waals surface area contributed by atoms with Crippen LogP contribution in [0.25, 0.3) is 0 Å². The molecule has 1 rings (SSSR count). The molecule has 1 aromatic rings. The van der Waals surface area contributed by atoms with E-state index in [-0.39, 0.29) is 5.54 Å². The number of hydrogen-bond donors (Lipinski definition) is 1. The SMILES string of the molecule is COCC(C)(C)NCc1ccc(Cl)cc1. The highest BCUT2D eigenvalue weighted by Gasteiger charge is 2.15. The first kappa shape index (κ1) is 12.5. The Morgan fingerprint density at radius 1 is 1.27 bits per heavy atom. The van der Waals surface area contributed by atoms with Gasteiger partial charge in [0.1, 0.15) is 0 Å². The first-order valence-corrected chi connectivity index (χ1v) is 5.40. The third-order valence-electron chi connectivity index (χ3n) is 2.19. The van der Waals surface area contributed by atoms with Crippen LogP contribution in [0.5, 0.6) is 0 Å². The van der Waals surface area contributed by atoms with Crippen LogP contribution < -0.4 is 5.32 Å². The minimum absolute atomic E-state index is 0.00557. The van der Waals surface area contributed by atoms with Crippen molar-refractivity contribution in [3.8, 4) is 0 Å². The lowest BCUT2D eigenvalue weighted by molar-refractivity contribution is 0.128. The van der Waals surface area contributed by atoms with Gasteiger partial charge < -0.3 is 10.1 Å². The van der Waals surface area contributed by atoms with Gasteiger partial charge >= 0.3 is 0 Å². The van der Waals surface area contributed by atoms with Gasteiger partial charge in [-0.25, -0.2) is 0 Å². The third kappa shape index (κ3) is 4.65. The van der Waals surface area contributed by atoms with Crippen molar-refractivity contribution in [3.63, 3.8) is 0 Å². The van der Waals surface area contributed by atoms with Gasteiger partial charge in [-0.3, -0.25) is 0 Å². The van der Waals surface area contributed by atoms with E-state index < -0.39 is 0 Å². The highest BCUT2D eigenvalue weighted by molar-refractivity contribution is 6.30. The van der Waals surface area contributed by atoms with Gasteiger partial charge in [0.15, 0.2) is 0 Å². The van der Waals surface area contributed by atoms with Crippen LogP contribution in [0.15, 0.2) is 24.3 Å². The summed E-state index contributed by atoms with van der Waals surface area (Å²) in [5, 5.41) is 4.20. The van der Waals surface area contributed by atoms with Crippen molar-refractivity contribution in [1.29, 1.82) is 0 Å². The number of nitrogens with one attached hydrogen (secondary N) is 1. The summed E-state index contributed by atoms with van der Waals surface area (Å²) in [6.07, 6.45) is 0. The molecule has 0 fully saturated rings. The van der Waals surface area contributed by atoms with Gasteiger partial charge in [-0.05, 0) is 31.5 Å². The highest BCUT2D eigenvalue weighted by atomic mass is 35.5. The Bertz CT molecular complexity index is 295. The summed E-state index contributed by atoms with van der Waals surface area (Å²) in [6.45, 7) is 5.76. The lowest BCUT2D eigenvalue weighted by Crippen LogP contribution is -2.42. The minimum Gasteiger partial charge on any atom is -0.383 e. The van der Waals surface area contributed by atoms with Crippen LogP contribution >= 0.6 is 11.6 Å². The molecule has 0 spiro atoms. The Kier molecular flexibility index (Phi) is 4.58. The summed E-state index contributed by atoms with van der Waals surface area (Å²) in [5.41, 5.74) is 1.22. The molecular weight excluding hydrogens is 210 g/mol. The molecule has 1 aromatic carbocycles. The van der Waals surface area contributed by atoms with E-state index in [1.165, 1.54) is 5.56 Å². The molecule has 0 saturated heterocycles. The summed E-state index contributed by atoms with van der Waals surface area (Å²) in [4.78, 5) is 0. The molecule has 84 valence electrons. The molecule has 2 nitrogen and oxygen atoms in total. The van der Waals surface area contributed by atoms with E-state index in [4.69, 9.17) is 16.3 Å². The van der Waals surface area contributed by atoms with Crippen molar-refractivity contribution >= 4 is 11.6 Å². The molecule has 1 N–H and O–H groups in total. The molecule has 0 aliphatic rings. The summed E-state index contributed by atoms with van der Waals surface area (Å²) in [5.74, 6) is 0. The number of halogens is 1. The van der Waals surface area contributed by atoms with Crippen molar-refractivity contribution in [2.45, 2.75) is 25.9 Å². The van der Waals surface area contributed by atoms with Crippen LogP contribution in [0.3, 0.4) is 0 Å². The lowest BCUT2D eigenvalue weighted by atomic mass is 10.1. The highest BCUT2D eigenvalue weighted by Crippen LogP contribution is 2.10. The summed E-state index contributed by atoms with van der Waals surface area (Å²) in [6, 6.07) is 7.86. The van der Waals surface area contributed by atoms with E-state index in [1.807, 2.05) is 24.3 Å². The Hall–Kier alpha value is -0.570. The predicted molar refractivity (Wildman–Crippen MR) is 64.2 cm³/mol.